The molecular formula is C41H71NO6S. The van der Waals surface area contributed by atoms with Gasteiger partial charge in [-0.3, -0.25) is 4.79 Å². The van der Waals surface area contributed by atoms with Crippen molar-refractivity contribution >= 4 is 17.7 Å². The number of carbonyl (C=O) groups excluding carboxylic acids is 1. The van der Waals surface area contributed by atoms with E-state index in [0.717, 1.165) is 80.0 Å². The zero-order chi connectivity index (χ0) is 35.3. The Hall–Kier alpha value is -0.640. The monoisotopic (exact) mass is 706 g/mol. The third-order valence-corrected chi connectivity index (χ3v) is 15.4. The molecule has 0 aromatic heterocycles. The molecule has 4 fully saturated rings. The number of aliphatic hydroxyl groups is 3. The van der Waals surface area contributed by atoms with Crippen molar-refractivity contribution in [3.63, 3.8) is 0 Å². The average molecular weight is 706 g/mol. The minimum Gasteiger partial charge on any atom is -0.394 e. The van der Waals surface area contributed by atoms with Gasteiger partial charge in [-0.2, -0.15) is 0 Å². The van der Waals surface area contributed by atoms with Crippen LogP contribution < -0.4 is 5.32 Å². The number of fused-ring (bicyclic) bond motifs is 5. The van der Waals surface area contributed by atoms with Crippen LogP contribution in [0.4, 0.5) is 0 Å². The van der Waals surface area contributed by atoms with E-state index < -0.39 is 29.8 Å². The molecule has 4 aliphatic carbocycles. The van der Waals surface area contributed by atoms with Crippen LogP contribution in [-0.4, -0.2) is 76.1 Å². The fourth-order valence-electron chi connectivity index (χ4n) is 11.4. The molecule has 0 aromatic rings. The highest BCUT2D eigenvalue weighted by Gasteiger charge is 2.59. The highest BCUT2D eigenvalue weighted by atomic mass is 32.2. The summed E-state index contributed by atoms with van der Waals surface area (Å²) in [5.41, 5.74) is 2.12. The van der Waals surface area contributed by atoms with Gasteiger partial charge in [0.1, 0.15) is 23.7 Å². The Kier molecular flexibility index (Phi) is 14.1. The van der Waals surface area contributed by atoms with Crippen LogP contribution in [-0.2, 0) is 14.3 Å². The van der Waals surface area contributed by atoms with Crippen molar-refractivity contribution in [2.75, 3.05) is 19.0 Å². The standard InChI is InChI=1S/C41H71NO6S/c1-26(2)12-11-13-27(3)32-16-17-33-31-15-14-29-24-30(18-20-40(29,5)34(31)19-21-41(32,33)6)47-22-9-7-8-10-23-49-39-36(42-28(4)44)38(46)37(45)35(25-43)48-39/h14,26-27,30-39,43,45-46H,7-13,15-25H2,1-6H3,(H,42,44)/t27-,30?,31+,32-,33+,34+,35-,36-,37+,38-,39+,40+,41-/m1/s1. The zero-order valence-corrected chi connectivity index (χ0v) is 32.5. The second kappa shape index (κ2) is 17.5. The highest BCUT2D eigenvalue weighted by Crippen LogP contribution is 2.67. The first-order valence-corrected chi connectivity index (χ1v) is 21.3. The van der Waals surface area contributed by atoms with Gasteiger partial charge in [-0.25, -0.2) is 0 Å². The van der Waals surface area contributed by atoms with Gasteiger partial charge < -0.3 is 30.1 Å². The van der Waals surface area contributed by atoms with Gasteiger partial charge in [0.15, 0.2) is 0 Å². The number of thioether (sulfide) groups is 1. The molecule has 282 valence electrons. The molecule has 0 spiro atoms. The van der Waals surface area contributed by atoms with E-state index in [1.54, 1.807) is 5.57 Å². The molecule has 0 radical (unpaired) electrons. The molecule has 1 unspecified atom stereocenters. The summed E-state index contributed by atoms with van der Waals surface area (Å²) >= 11 is 1.53. The van der Waals surface area contributed by atoms with E-state index in [0.29, 0.717) is 16.9 Å². The number of nitrogens with one attached hydrogen (secondary N) is 1. The number of hydrogen-bond acceptors (Lipinski definition) is 7. The predicted molar refractivity (Wildman–Crippen MR) is 199 cm³/mol. The molecule has 1 aliphatic heterocycles. The Morgan fingerprint density at radius 2 is 1.78 bits per heavy atom. The minimum absolute atomic E-state index is 0.281. The largest absolute Gasteiger partial charge is 0.394 e. The molecule has 1 heterocycles. The van der Waals surface area contributed by atoms with Gasteiger partial charge in [-0.1, -0.05) is 78.4 Å². The summed E-state index contributed by atoms with van der Waals surface area (Å²) in [5, 5.41) is 33.0. The molecular weight excluding hydrogens is 635 g/mol. The van der Waals surface area contributed by atoms with Crippen LogP contribution >= 0.6 is 11.8 Å². The molecule has 1 amide bonds. The summed E-state index contributed by atoms with van der Waals surface area (Å²) in [7, 11) is 0. The molecule has 8 heteroatoms. The van der Waals surface area contributed by atoms with Crippen molar-refractivity contribution in [3.05, 3.63) is 11.6 Å². The summed E-state index contributed by atoms with van der Waals surface area (Å²) in [6, 6.07) is -0.706. The predicted octanol–water partition coefficient (Wildman–Crippen LogP) is 7.65. The molecule has 0 bridgehead atoms. The summed E-state index contributed by atoms with van der Waals surface area (Å²) in [6.45, 7) is 14.5. The number of hydrogen-bond donors (Lipinski definition) is 4. The van der Waals surface area contributed by atoms with Crippen LogP contribution in [0.3, 0.4) is 0 Å². The molecule has 5 aliphatic rings. The Morgan fingerprint density at radius 3 is 2.51 bits per heavy atom. The Labute approximate surface area is 302 Å². The van der Waals surface area contributed by atoms with Crippen molar-refractivity contribution < 1.29 is 29.6 Å². The fraction of sp³-hybridized carbons (Fsp3) is 0.927. The van der Waals surface area contributed by atoms with Crippen molar-refractivity contribution in [2.45, 2.75) is 174 Å². The van der Waals surface area contributed by atoms with E-state index in [1.165, 1.54) is 82.9 Å². The topological polar surface area (TPSA) is 108 Å². The second-order valence-electron chi connectivity index (χ2n) is 17.7. The van der Waals surface area contributed by atoms with Gasteiger partial charge in [-0.15, -0.1) is 11.8 Å². The van der Waals surface area contributed by atoms with E-state index in [2.05, 4.69) is 46.0 Å². The average Bonchev–Trinajstić information content (AvgIpc) is 3.42. The van der Waals surface area contributed by atoms with Crippen LogP contribution in [0.2, 0.25) is 0 Å². The third kappa shape index (κ3) is 8.95. The van der Waals surface area contributed by atoms with Crippen LogP contribution in [0.15, 0.2) is 11.6 Å². The SMILES string of the molecule is CC(=O)N[C@@H]1[C@@H](O)[C@@H](O)[C@@H](CO)O[C@H]1SCCCCCCOC1CC[C@@]2(C)C(=CC[C@H]3[C@@H]4CC[C@H]([C@H](C)CCCC(C)C)[C@@]4(C)CC[C@@H]32)C1. The number of amides is 1. The van der Waals surface area contributed by atoms with Gasteiger partial charge in [0.2, 0.25) is 5.91 Å². The van der Waals surface area contributed by atoms with E-state index in [1.807, 2.05) is 0 Å². The minimum atomic E-state index is -1.23. The smallest absolute Gasteiger partial charge is 0.217 e. The van der Waals surface area contributed by atoms with E-state index in [-0.39, 0.29) is 12.5 Å². The summed E-state index contributed by atoms with van der Waals surface area (Å²) in [4.78, 5) is 11.7. The molecule has 13 atom stereocenters. The van der Waals surface area contributed by atoms with Crippen LogP contribution in [0.5, 0.6) is 0 Å². The molecule has 5 rings (SSSR count). The highest BCUT2D eigenvalue weighted by molar-refractivity contribution is 7.99. The molecule has 4 N–H and O–H groups in total. The first-order chi connectivity index (χ1) is 23.4. The molecule has 49 heavy (non-hydrogen) atoms. The second-order valence-corrected chi connectivity index (χ2v) is 18.9. The number of allylic oxidation sites excluding steroid dienone is 1. The Morgan fingerprint density at radius 1 is 1.00 bits per heavy atom. The van der Waals surface area contributed by atoms with Crippen molar-refractivity contribution in [1.82, 2.24) is 5.32 Å². The van der Waals surface area contributed by atoms with Gasteiger partial charge in [0.05, 0.1) is 18.8 Å². The van der Waals surface area contributed by atoms with Gasteiger partial charge >= 0.3 is 0 Å². The number of rotatable bonds is 16. The quantitative estimate of drug-likeness (QED) is 0.0966. The molecule has 1 saturated heterocycles. The summed E-state index contributed by atoms with van der Waals surface area (Å²) in [5.74, 6) is 5.80. The first kappa shape index (κ1) is 39.6. The van der Waals surface area contributed by atoms with E-state index in [9.17, 15) is 20.1 Å². The van der Waals surface area contributed by atoms with Crippen LogP contribution in [0, 0.1) is 46.3 Å². The molecule has 7 nitrogen and oxygen atoms in total. The lowest BCUT2D eigenvalue weighted by molar-refractivity contribution is -0.173. The summed E-state index contributed by atoms with van der Waals surface area (Å²) < 4.78 is 12.3. The maximum atomic E-state index is 11.7. The number of ether oxygens (including phenoxy) is 2. The van der Waals surface area contributed by atoms with Gasteiger partial charge in [-0.05, 0) is 116 Å². The lowest BCUT2D eigenvalue weighted by Crippen LogP contribution is -2.63. The maximum absolute atomic E-state index is 11.7. The van der Waals surface area contributed by atoms with Crippen LogP contribution in [0.1, 0.15) is 138 Å². The third-order valence-electron chi connectivity index (χ3n) is 14.2. The summed E-state index contributed by atoms with van der Waals surface area (Å²) in [6.07, 6.45) is 18.9. The number of aliphatic hydroxyl groups excluding tert-OH is 3. The number of unbranched alkanes of at least 4 members (excludes halogenated alkanes) is 3. The zero-order valence-electron chi connectivity index (χ0n) is 31.7. The Balaban J connectivity index is 1.02. The van der Waals surface area contributed by atoms with Crippen molar-refractivity contribution in [1.29, 1.82) is 0 Å². The fourth-order valence-corrected chi connectivity index (χ4v) is 12.7. The van der Waals surface area contributed by atoms with E-state index in [4.69, 9.17) is 9.47 Å². The lowest BCUT2D eigenvalue weighted by atomic mass is 9.47. The lowest BCUT2D eigenvalue weighted by Gasteiger charge is -2.58. The van der Waals surface area contributed by atoms with Crippen molar-refractivity contribution in [3.8, 4) is 0 Å². The first-order valence-electron chi connectivity index (χ1n) is 20.2. The number of carbonyl (C=O) groups is 1. The Bertz CT molecular complexity index is 1100. The van der Waals surface area contributed by atoms with Gasteiger partial charge in [0.25, 0.3) is 0 Å². The van der Waals surface area contributed by atoms with Crippen LogP contribution in [0.25, 0.3) is 0 Å². The maximum Gasteiger partial charge on any atom is 0.217 e. The molecule has 0 aromatic carbocycles. The molecule has 3 saturated carbocycles. The van der Waals surface area contributed by atoms with Crippen molar-refractivity contribution in [2.24, 2.45) is 46.3 Å². The van der Waals surface area contributed by atoms with Gasteiger partial charge in [0, 0.05) is 13.5 Å². The normalized spacial score (nSPS) is 41.1. The van der Waals surface area contributed by atoms with E-state index >= 15 is 0 Å².